The van der Waals surface area contributed by atoms with E-state index in [0.29, 0.717) is 30.7 Å². The van der Waals surface area contributed by atoms with Crippen molar-refractivity contribution in [2.24, 2.45) is 0 Å². The zero-order valence-corrected chi connectivity index (χ0v) is 17.5. The van der Waals surface area contributed by atoms with Crippen LogP contribution in [0.3, 0.4) is 0 Å². The molecule has 2 aromatic rings. The van der Waals surface area contributed by atoms with Crippen LogP contribution in [-0.4, -0.2) is 54.8 Å². The average Bonchev–Trinajstić information content (AvgIpc) is 3.08. The van der Waals surface area contributed by atoms with Gasteiger partial charge in [-0.1, -0.05) is 0 Å². The molecule has 0 saturated heterocycles. The molecule has 0 unspecified atom stereocenters. The molecule has 1 aliphatic heterocycles. The molecule has 0 radical (unpaired) electrons. The fraction of sp³-hybridized carbons (Fsp3) is 0.455. The second-order valence-corrected chi connectivity index (χ2v) is 8.38. The molecule has 1 saturated carbocycles. The maximum atomic E-state index is 15.5. The molecule has 4 rings (SSSR count). The number of rotatable bonds is 3. The Morgan fingerprint density at radius 3 is 2.67 bits per heavy atom. The first-order valence-corrected chi connectivity index (χ1v) is 10.1. The largest absolute Gasteiger partial charge is 0.496 e. The Kier molecular flexibility index (Phi) is 5.05. The number of fused-ring (bicyclic) bond motifs is 2. The van der Waals surface area contributed by atoms with Crippen LogP contribution in [0.1, 0.15) is 41.6 Å². The molecule has 8 heteroatoms. The number of ether oxygens (including phenoxy) is 1. The minimum absolute atomic E-state index is 0.0856. The number of nitrogen functional groups attached to an aromatic ring is 1. The highest BCUT2D eigenvalue weighted by Gasteiger charge is 2.45. The normalized spacial score (nSPS) is 22.5. The molecule has 1 aliphatic carbocycles. The predicted molar refractivity (Wildman–Crippen MR) is 113 cm³/mol. The molecule has 7 nitrogen and oxygen atoms in total. The highest BCUT2D eigenvalue weighted by Crippen LogP contribution is 2.52. The molecule has 1 spiro atoms. The van der Waals surface area contributed by atoms with E-state index in [1.165, 1.54) is 11.0 Å². The van der Waals surface area contributed by atoms with Crippen LogP contribution >= 0.6 is 0 Å². The molecule has 1 amide bonds. The van der Waals surface area contributed by atoms with Crippen LogP contribution in [0, 0.1) is 5.82 Å². The molecule has 1 aromatic carbocycles. The fourth-order valence-corrected chi connectivity index (χ4v) is 4.69. The lowest BCUT2D eigenvalue weighted by Gasteiger charge is -2.36. The Morgan fingerprint density at radius 2 is 2.03 bits per heavy atom. The smallest absolute Gasteiger partial charge is 0.258 e. The number of aliphatic hydroxyl groups is 1. The number of amides is 1. The number of halogens is 1. The van der Waals surface area contributed by atoms with Gasteiger partial charge in [0.05, 0.1) is 18.8 Å². The number of carbonyl (C=O) groups is 1. The van der Waals surface area contributed by atoms with Gasteiger partial charge >= 0.3 is 0 Å². The number of nitrogens with zero attached hydrogens (tertiary/aromatic N) is 2. The number of nitrogens with one attached hydrogen (secondary N) is 1. The molecule has 2 aliphatic rings. The topological polar surface area (TPSA) is 101 Å². The minimum atomic E-state index is -0.687. The van der Waals surface area contributed by atoms with Crippen molar-refractivity contribution in [1.29, 1.82) is 0 Å². The van der Waals surface area contributed by atoms with Crippen molar-refractivity contribution in [3.05, 3.63) is 35.3 Å². The van der Waals surface area contributed by atoms with Crippen LogP contribution in [0.15, 0.2) is 18.3 Å². The summed E-state index contributed by atoms with van der Waals surface area (Å²) in [5.74, 6) is 0.0907. The molecule has 2 heterocycles. The maximum absolute atomic E-state index is 15.5. The SMILES string of the molecule is COc1c(-c2ccc(N)c(C(=O)N(C)C)c2F)cnc2c1C1(CCC(O)CC1)CN2. The minimum Gasteiger partial charge on any atom is -0.496 e. The van der Waals surface area contributed by atoms with Gasteiger partial charge in [0.25, 0.3) is 5.91 Å². The van der Waals surface area contributed by atoms with Crippen molar-refractivity contribution in [2.75, 3.05) is 38.8 Å². The van der Waals surface area contributed by atoms with Crippen LogP contribution in [0.25, 0.3) is 11.1 Å². The molecule has 1 fully saturated rings. The van der Waals surface area contributed by atoms with E-state index < -0.39 is 11.7 Å². The zero-order valence-electron chi connectivity index (χ0n) is 17.5. The van der Waals surface area contributed by atoms with Crippen molar-refractivity contribution in [2.45, 2.75) is 37.2 Å². The summed E-state index contributed by atoms with van der Waals surface area (Å²) < 4.78 is 21.3. The van der Waals surface area contributed by atoms with Crippen molar-refractivity contribution in [3.8, 4) is 16.9 Å². The number of aromatic nitrogens is 1. The van der Waals surface area contributed by atoms with Gasteiger partial charge in [-0.05, 0) is 37.8 Å². The Labute approximate surface area is 175 Å². The zero-order chi connectivity index (χ0) is 21.6. The van der Waals surface area contributed by atoms with Crippen LogP contribution in [-0.2, 0) is 5.41 Å². The summed E-state index contributed by atoms with van der Waals surface area (Å²) in [4.78, 5) is 18.3. The highest BCUT2D eigenvalue weighted by atomic mass is 19.1. The summed E-state index contributed by atoms with van der Waals surface area (Å²) in [7, 11) is 4.67. The molecular weight excluding hydrogens is 387 g/mol. The van der Waals surface area contributed by atoms with Gasteiger partial charge < -0.3 is 25.8 Å². The van der Waals surface area contributed by atoms with Crippen LogP contribution in [0.2, 0.25) is 0 Å². The predicted octanol–water partition coefficient (Wildman–Crippen LogP) is 2.78. The van der Waals surface area contributed by atoms with E-state index in [2.05, 4.69) is 10.3 Å². The van der Waals surface area contributed by atoms with Gasteiger partial charge in [-0.2, -0.15) is 0 Å². The summed E-state index contributed by atoms with van der Waals surface area (Å²) in [6.45, 7) is 0.705. The van der Waals surface area contributed by atoms with Gasteiger partial charge in [-0.15, -0.1) is 0 Å². The summed E-state index contributed by atoms with van der Waals surface area (Å²) >= 11 is 0. The number of hydrogen-bond acceptors (Lipinski definition) is 6. The summed E-state index contributed by atoms with van der Waals surface area (Å²) in [5.41, 5.74) is 7.26. The number of methoxy groups -OCH3 is 1. The lowest BCUT2D eigenvalue weighted by Crippen LogP contribution is -2.35. The van der Waals surface area contributed by atoms with E-state index in [1.54, 1.807) is 33.5 Å². The number of hydrogen-bond donors (Lipinski definition) is 3. The van der Waals surface area contributed by atoms with Gasteiger partial charge in [0.15, 0.2) is 0 Å². The van der Waals surface area contributed by atoms with E-state index in [4.69, 9.17) is 10.5 Å². The summed E-state index contributed by atoms with van der Waals surface area (Å²) in [5, 5.41) is 13.3. The number of anilines is 2. The quantitative estimate of drug-likeness (QED) is 0.668. The van der Waals surface area contributed by atoms with Crippen molar-refractivity contribution >= 4 is 17.4 Å². The molecule has 4 N–H and O–H groups in total. The second kappa shape index (κ2) is 7.43. The van der Waals surface area contributed by atoms with Gasteiger partial charge in [0, 0.05) is 54.6 Å². The lowest BCUT2D eigenvalue weighted by atomic mass is 9.69. The van der Waals surface area contributed by atoms with Gasteiger partial charge in [0.1, 0.15) is 17.4 Å². The van der Waals surface area contributed by atoms with Crippen molar-refractivity contribution < 1.29 is 19.0 Å². The van der Waals surface area contributed by atoms with Crippen molar-refractivity contribution in [3.63, 3.8) is 0 Å². The van der Waals surface area contributed by atoms with E-state index in [1.807, 2.05) is 0 Å². The number of carbonyl (C=O) groups excluding carboxylic acids is 1. The molecule has 30 heavy (non-hydrogen) atoms. The summed E-state index contributed by atoms with van der Waals surface area (Å²) in [6, 6.07) is 3.09. The van der Waals surface area contributed by atoms with Crippen molar-refractivity contribution in [1.82, 2.24) is 9.88 Å². The van der Waals surface area contributed by atoms with E-state index in [9.17, 15) is 9.90 Å². The van der Waals surface area contributed by atoms with Crippen LogP contribution in [0.5, 0.6) is 5.75 Å². The number of aliphatic hydroxyl groups excluding tert-OH is 1. The lowest BCUT2D eigenvalue weighted by molar-refractivity contribution is 0.0824. The first-order chi connectivity index (χ1) is 14.3. The van der Waals surface area contributed by atoms with Gasteiger partial charge in [-0.25, -0.2) is 9.37 Å². The monoisotopic (exact) mass is 414 g/mol. The Balaban J connectivity index is 1.89. The average molecular weight is 414 g/mol. The first kappa shape index (κ1) is 20.4. The number of benzene rings is 1. The van der Waals surface area contributed by atoms with Gasteiger partial charge in [-0.3, -0.25) is 4.79 Å². The third kappa shape index (κ3) is 3.06. The summed E-state index contributed by atoms with van der Waals surface area (Å²) in [6.07, 6.45) is 4.27. The fourth-order valence-electron chi connectivity index (χ4n) is 4.69. The maximum Gasteiger partial charge on any atom is 0.258 e. The standard InChI is InChI=1S/C22H27FN4O3/c1-27(2)21(29)16-15(24)5-4-13(18(16)23)14-10-25-20-17(19(14)30-3)22(11-26-20)8-6-12(28)7-9-22/h4-5,10,12,28H,6-9,11,24H2,1-3H3,(H,25,26). The van der Waals surface area contributed by atoms with Crippen LogP contribution in [0.4, 0.5) is 15.9 Å². The first-order valence-electron chi connectivity index (χ1n) is 10.1. The van der Waals surface area contributed by atoms with Gasteiger partial charge in [0.2, 0.25) is 0 Å². The van der Waals surface area contributed by atoms with E-state index in [-0.39, 0.29) is 28.3 Å². The Hall–Kier alpha value is -2.87. The number of nitrogens with two attached hydrogens (primary N) is 1. The molecule has 160 valence electrons. The third-order valence-electron chi connectivity index (χ3n) is 6.36. The van der Waals surface area contributed by atoms with E-state index >= 15 is 4.39 Å². The number of pyridine rings is 1. The molecule has 1 aromatic heterocycles. The third-order valence-corrected chi connectivity index (χ3v) is 6.36. The molecular formula is C22H27FN4O3. The molecule has 0 bridgehead atoms. The Morgan fingerprint density at radius 1 is 1.33 bits per heavy atom. The van der Waals surface area contributed by atoms with Crippen LogP contribution < -0.4 is 15.8 Å². The molecule has 0 atom stereocenters. The highest BCUT2D eigenvalue weighted by molar-refractivity contribution is 6.01. The Bertz CT molecular complexity index is 1000. The van der Waals surface area contributed by atoms with E-state index in [0.717, 1.165) is 24.2 Å². The second-order valence-electron chi connectivity index (χ2n) is 8.38.